The van der Waals surface area contributed by atoms with Crippen molar-refractivity contribution in [2.75, 3.05) is 0 Å². The summed E-state index contributed by atoms with van der Waals surface area (Å²) in [4.78, 5) is 30.5. The number of hydrogen-bond acceptors (Lipinski definition) is 5. The molecule has 0 radical (unpaired) electrons. The number of dihydropyridines is 1. The topological polar surface area (TPSA) is 68.3 Å². The Labute approximate surface area is 176 Å². The molecule has 2 atom stereocenters. The Bertz CT molecular complexity index is 1020. The Hall–Kier alpha value is -3.21. The van der Waals surface area contributed by atoms with Gasteiger partial charge in [0.05, 0.1) is 11.7 Å². The number of nitrogens with zero attached hydrogens (tertiary/aromatic N) is 1. The molecule has 1 aromatic heterocycles. The molecule has 30 heavy (non-hydrogen) atoms. The van der Waals surface area contributed by atoms with E-state index in [0.29, 0.717) is 17.6 Å². The summed E-state index contributed by atoms with van der Waals surface area (Å²) in [5.41, 5.74) is 4.85. The average molecular weight is 402 g/mol. The molecule has 2 aliphatic rings. The van der Waals surface area contributed by atoms with Crippen LogP contribution in [0, 0.1) is 0 Å². The summed E-state index contributed by atoms with van der Waals surface area (Å²) in [7, 11) is 0. The van der Waals surface area contributed by atoms with Gasteiger partial charge in [-0.2, -0.15) is 0 Å². The van der Waals surface area contributed by atoms with Crippen LogP contribution in [0.1, 0.15) is 56.6 Å². The fraction of sp³-hybridized carbons (Fsp3) is 0.320. The van der Waals surface area contributed by atoms with Gasteiger partial charge in [0.2, 0.25) is 0 Å². The number of ketones is 1. The zero-order valence-corrected chi connectivity index (χ0v) is 17.5. The average Bonchev–Trinajstić information content (AvgIpc) is 2.73. The van der Waals surface area contributed by atoms with Gasteiger partial charge in [-0.05, 0) is 56.4 Å². The first-order valence-corrected chi connectivity index (χ1v) is 10.4. The van der Waals surface area contributed by atoms with E-state index >= 15 is 0 Å². The first-order chi connectivity index (χ1) is 14.5. The maximum absolute atomic E-state index is 13.4. The predicted octanol–water partition coefficient (Wildman–Crippen LogP) is 4.39. The van der Waals surface area contributed by atoms with Crippen LogP contribution in [-0.4, -0.2) is 22.8 Å². The molecule has 1 aliphatic carbocycles. The zero-order valence-electron chi connectivity index (χ0n) is 17.5. The highest BCUT2D eigenvalue weighted by Crippen LogP contribution is 2.45. The molecule has 0 bridgehead atoms. The molecular formula is C25H26N2O3. The number of nitrogens with one attached hydrogen (secondary N) is 1. The lowest BCUT2D eigenvalue weighted by molar-refractivity contribution is -0.143. The first kappa shape index (κ1) is 20.1. The molecule has 0 spiro atoms. The molecule has 0 saturated carbocycles. The van der Waals surface area contributed by atoms with E-state index in [4.69, 9.17) is 4.74 Å². The van der Waals surface area contributed by atoms with Crippen molar-refractivity contribution in [2.45, 2.75) is 51.6 Å². The lowest BCUT2D eigenvalue weighted by atomic mass is 9.72. The molecule has 0 fully saturated rings. The van der Waals surface area contributed by atoms with Crippen molar-refractivity contribution in [3.05, 3.63) is 88.5 Å². The van der Waals surface area contributed by atoms with Crippen molar-refractivity contribution in [3.8, 4) is 0 Å². The lowest BCUT2D eigenvalue weighted by Gasteiger charge is -2.36. The number of rotatable bonds is 4. The quantitative estimate of drug-likeness (QED) is 0.768. The normalized spacial score (nSPS) is 21.4. The van der Waals surface area contributed by atoms with Gasteiger partial charge in [0.15, 0.2) is 5.78 Å². The second-order valence-electron chi connectivity index (χ2n) is 8.16. The Balaban J connectivity index is 1.78. The number of Topliss-reactive ketones (excluding diaryl/α,β-unsaturated/α-hetero) is 1. The molecule has 1 N–H and O–H groups in total. The van der Waals surface area contributed by atoms with Crippen molar-refractivity contribution in [3.63, 3.8) is 0 Å². The third-order valence-electron chi connectivity index (χ3n) is 5.70. The van der Waals surface area contributed by atoms with Crippen LogP contribution in [0.2, 0.25) is 0 Å². The van der Waals surface area contributed by atoms with Crippen LogP contribution in [-0.2, 0) is 14.3 Å². The fourth-order valence-corrected chi connectivity index (χ4v) is 4.44. The fourth-order valence-electron chi connectivity index (χ4n) is 4.44. The molecule has 0 unspecified atom stereocenters. The molecule has 0 saturated heterocycles. The standard InChI is InChI=1S/C25H26N2O3/c1-15(2)30-25(29)22-16(3)27-20-13-19(17-7-5-4-6-8-17)14-21(28)24(20)23(22)18-9-11-26-12-10-18/h4-12,15,19,23,27H,13-14H2,1-3H3/t19-,23+/m1/s1. The smallest absolute Gasteiger partial charge is 0.337 e. The minimum atomic E-state index is -0.445. The largest absolute Gasteiger partial charge is 0.460 e. The van der Waals surface area contributed by atoms with Crippen LogP contribution < -0.4 is 5.32 Å². The van der Waals surface area contributed by atoms with Crippen LogP contribution in [0.5, 0.6) is 0 Å². The number of allylic oxidation sites excluding steroid dienone is 3. The van der Waals surface area contributed by atoms with Crippen molar-refractivity contribution >= 4 is 11.8 Å². The Morgan fingerprint density at radius 2 is 1.77 bits per heavy atom. The van der Waals surface area contributed by atoms with Gasteiger partial charge < -0.3 is 10.1 Å². The van der Waals surface area contributed by atoms with Crippen LogP contribution in [0.15, 0.2) is 77.4 Å². The molecule has 2 aromatic rings. The molecule has 4 rings (SSSR count). The van der Waals surface area contributed by atoms with Gasteiger partial charge in [-0.3, -0.25) is 9.78 Å². The maximum Gasteiger partial charge on any atom is 0.337 e. The molecule has 2 heterocycles. The van der Waals surface area contributed by atoms with Crippen LogP contribution in [0.4, 0.5) is 0 Å². The Morgan fingerprint density at radius 1 is 1.07 bits per heavy atom. The van der Waals surface area contributed by atoms with Crippen molar-refractivity contribution in [1.29, 1.82) is 0 Å². The second kappa shape index (κ2) is 8.27. The number of benzene rings is 1. The number of esters is 1. The van der Waals surface area contributed by atoms with Gasteiger partial charge in [0, 0.05) is 41.7 Å². The number of hydrogen-bond donors (Lipinski definition) is 1. The van der Waals surface area contributed by atoms with Gasteiger partial charge in [-0.1, -0.05) is 30.3 Å². The summed E-state index contributed by atoms with van der Waals surface area (Å²) in [6, 6.07) is 13.9. The summed E-state index contributed by atoms with van der Waals surface area (Å²) in [5, 5.41) is 3.37. The van der Waals surface area contributed by atoms with Crippen molar-refractivity contribution in [2.24, 2.45) is 0 Å². The van der Waals surface area contributed by atoms with E-state index in [-0.39, 0.29) is 23.8 Å². The van der Waals surface area contributed by atoms with E-state index in [9.17, 15) is 9.59 Å². The van der Waals surface area contributed by atoms with E-state index in [1.54, 1.807) is 12.4 Å². The van der Waals surface area contributed by atoms with Crippen molar-refractivity contribution < 1.29 is 14.3 Å². The van der Waals surface area contributed by atoms with Crippen molar-refractivity contribution in [1.82, 2.24) is 10.3 Å². The zero-order chi connectivity index (χ0) is 21.3. The number of pyridine rings is 1. The monoisotopic (exact) mass is 402 g/mol. The minimum absolute atomic E-state index is 0.0711. The summed E-state index contributed by atoms with van der Waals surface area (Å²) in [6.45, 7) is 5.53. The Morgan fingerprint density at radius 3 is 2.43 bits per heavy atom. The summed E-state index contributed by atoms with van der Waals surface area (Å²) >= 11 is 0. The van der Waals surface area contributed by atoms with E-state index in [2.05, 4.69) is 22.4 Å². The predicted molar refractivity (Wildman–Crippen MR) is 114 cm³/mol. The maximum atomic E-state index is 13.4. The number of aromatic nitrogens is 1. The minimum Gasteiger partial charge on any atom is -0.460 e. The molecule has 5 heteroatoms. The van der Waals surface area contributed by atoms with Gasteiger partial charge in [-0.15, -0.1) is 0 Å². The molecule has 1 aliphatic heterocycles. The molecular weight excluding hydrogens is 376 g/mol. The summed E-state index contributed by atoms with van der Waals surface area (Å²) < 4.78 is 5.53. The molecule has 154 valence electrons. The van der Waals surface area contributed by atoms with E-state index in [1.165, 1.54) is 0 Å². The number of carbonyl (C=O) groups is 2. The Kier molecular flexibility index (Phi) is 5.53. The molecule has 0 amide bonds. The first-order valence-electron chi connectivity index (χ1n) is 10.4. The highest BCUT2D eigenvalue weighted by molar-refractivity contribution is 6.04. The van der Waals surface area contributed by atoms with Crippen LogP contribution in [0.25, 0.3) is 0 Å². The number of ether oxygens (including phenoxy) is 1. The SMILES string of the molecule is CC1=C(C(=O)OC(C)C)[C@H](c2ccncc2)C2=C(C[C@@H](c3ccccc3)CC2=O)N1. The van der Waals surface area contributed by atoms with Crippen LogP contribution >= 0.6 is 0 Å². The second-order valence-corrected chi connectivity index (χ2v) is 8.16. The summed E-state index contributed by atoms with van der Waals surface area (Å²) in [6.07, 6.45) is 4.31. The lowest BCUT2D eigenvalue weighted by Crippen LogP contribution is -2.36. The van der Waals surface area contributed by atoms with Gasteiger partial charge in [0.1, 0.15) is 0 Å². The van der Waals surface area contributed by atoms with Gasteiger partial charge in [0.25, 0.3) is 0 Å². The highest BCUT2D eigenvalue weighted by Gasteiger charge is 2.41. The van der Waals surface area contributed by atoms with Crippen LogP contribution in [0.3, 0.4) is 0 Å². The number of carbonyl (C=O) groups excluding carboxylic acids is 2. The third-order valence-corrected chi connectivity index (χ3v) is 5.70. The van der Waals surface area contributed by atoms with E-state index in [0.717, 1.165) is 28.9 Å². The van der Waals surface area contributed by atoms with E-state index < -0.39 is 5.92 Å². The third kappa shape index (κ3) is 3.80. The van der Waals surface area contributed by atoms with E-state index in [1.807, 2.05) is 51.1 Å². The highest BCUT2D eigenvalue weighted by atomic mass is 16.5. The molecule has 5 nitrogen and oxygen atoms in total. The van der Waals surface area contributed by atoms with Gasteiger partial charge in [-0.25, -0.2) is 4.79 Å². The molecule has 1 aromatic carbocycles. The van der Waals surface area contributed by atoms with Gasteiger partial charge >= 0.3 is 5.97 Å². The summed E-state index contributed by atoms with van der Waals surface area (Å²) in [5.74, 6) is -0.636.